The van der Waals surface area contributed by atoms with Crippen LogP contribution in [0.5, 0.6) is 0 Å². The van der Waals surface area contributed by atoms with Gasteiger partial charge in [0.2, 0.25) is 5.91 Å². The van der Waals surface area contributed by atoms with E-state index in [-0.39, 0.29) is 18.5 Å². The number of hydrogen-bond donors (Lipinski definition) is 2. The molecule has 0 bridgehead atoms. The molecule has 0 aliphatic rings. The number of halogens is 4. The number of hydrogen-bond acceptors (Lipinski definition) is 2. The van der Waals surface area contributed by atoms with Crippen LogP contribution < -0.4 is 10.6 Å². The lowest BCUT2D eigenvalue weighted by Crippen LogP contribution is -2.30. The number of carbonyl (C=O) groups is 1. The molecule has 0 fully saturated rings. The summed E-state index contributed by atoms with van der Waals surface area (Å²) in [6.45, 7) is 1.88. The number of alkyl halides is 3. The molecular formula is C17H16ClF3N2O. The number of benzene rings is 2. The maximum Gasteiger partial charge on any atom is 0.416 e. The van der Waals surface area contributed by atoms with Crippen LogP contribution in [0.1, 0.15) is 24.1 Å². The summed E-state index contributed by atoms with van der Waals surface area (Å²) in [5.74, 6) is -0.353. The van der Waals surface area contributed by atoms with E-state index in [1.165, 1.54) is 12.1 Å². The molecule has 0 saturated heterocycles. The van der Waals surface area contributed by atoms with Crippen molar-refractivity contribution in [1.29, 1.82) is 0 Å². The van der Waals surface area contributed by atoms with Crippen LogP contribution in [-0.2, 0) is 11.0 Å². The minimum atomic E-state index is -4.39. The first kappa shape index (κ1) is 18.3. The van der Waals surface area contributed by atoms with Crippen LogP contribution in [0.15, 0.2) is 48.5 Å². The lowest BCUT2D eigenvalue weighted by atomic mass is 10.1. The van der Waals surface area contributed by atoms with E-state index >= 15 is 0 Å². The first-order chi connectivity index (χ1) is 11.3. The molecule has 0 aliphatic heterocycles. The molecule has 1 unspecified atom stereocenters. The molecule has 0 saturated carbocycles. The Morgan fingerprint density at radius 3 is 2.33 bits per heavy atom. The van der Waals surface area contributed by atoms with Crippen LogP contribution in [0.3, 0.4) is 0 Å². The fourth-order valence-electron chi connectivity index (χ4n) is 2.13. The third-order valence-electron chi connectivity index (χ3n) is 3.44. The Morgan fingerprint density at radius 1 is 1.12 bits per heavy atom. The molecule has 2 rings (SSSR count). The summed E-state index contributed by atoms with van der Waals surface area (Å²) in [6.07, 6.45) is -4.39. The third-order valence-corrected chi connectivity index (χ3v) is 3.78. The Bertz CT molecular complexity index is 702. The zero-order valence-electron chi connectivity index (χ0n) is 12.8. The molecule has 2 aromatic carbocycles. The van der Waals surface area contributed by atoms with Gasteiger partial charge in [0.25, 0.3) is 0 Å². The average molecular weight is 357 g/mol. The first-order valence-corrected chi connectivity index (χ1v) is 7.60. The van der Waals surface area contributed by atoms with Crippen LogP contribution in [0.4, 0.5) is 18.9 Å². The molecule has 2 aromatic rings. The second-order valence-electron chi connectivity index (χ2n) is 5.25. The highest BCUT2D eigenvalue weighted by atomic mass is 35.5. The average Bonchev–Trinajstić information content (AvgIpc) is 2.53. The zero-order chi connectivity index (χ0) is 17.7. The standard InChI is InChI=1S/C17H16ClF3N2O/c1-11(14-4-2-3-5-15(14)18)22-10-16(24)23-13-8-6-12(7-9-13)17(19,20)21/h2-9,11,22H,10H2,1H3,(H,23,24). The maximum absolute atomic E-state index is 12.5. The smallest absolute Gasteiger partial charge is 0.325 e. The minimum Gasteiger partial charge on any atom is -0.325 e. The molecule has 128 valence electrons. The molecular weight excluding hydrogens is 341 g/mol. The quantitative estimate of drug-likeness (QED) is 0.818. The van der Waals surface area contributed by atoms with E-state index in [2.05, 4.69) is 10.6 Å². The summed E-state index contributed by atoms with van der Waals surface area (Å²) in [6, 6.07) is 11.4. The van der Waals surface area contributed by atoms with Crippen LogP contribution in [0.25, 0.3) is 0 Å². The molecule has 7 heteroatoms. The lowest BCUT2D eigenvalue weighted by Gasteiger charge is -2.15. The van der Waals surface area contributed by atoms with Crippen molar-refractivity contribution in [3.8, 4) is 0 Å². The van der Waals surface area contributed by atoms with Gasteiger partial charge in [0.1, 0.15) is 0 Å². The Morgan fingerprint density at radius 2 is 1.75 bits per heavy atom. The van der Waals surface area contributed by atoms with E-state index < -0.39 is 11.7 Å². The summed E-state index contributed by atoms with van der Waals surface area (Å²) in [5.41, 5.74) is 0.410. The molecule has 2 N–H and O–H groups in total. The topological polar surface area (TPSA) is 41.1 Å². The van der Waals surface area contributed by atoms with E-state index in [9.17, 15) is 18.0 Å². The Balaban J connectivity index is 1.88. The zero-order valence-corrected chi connectivity index (χ0v) is 13.6. The summed E-state index contributed by atoms with van der Waals surface area (Å²) in [5, 5.41) is 6.16. The van der Waals surface area contributed by atoms with E-state index in [1.807, 2.05) is 25.1 Å². The molecule has 0 radical (unpaired) electrons. The van der Waals surface area contributed by atoms with Crippen molar-refractivity contribution < 1.29 is 18.0 Å². The first-order valence-electron chi connectivity index (χ1n) is 7.22. The van der Waals surface area contributed by atoms with Gasteiger partial charge >= 0.3 is 6.18 Å². The number of rotatable bonds is 5. The van der Waals surface area contributed by atoms with Gasteiger partial charge in [0.05, 0.1) is 12.1 Å². The van der Waals surface area contributed by atoms with E-state index in [1.54, 1.807) is 6.07 Å². The third kappa shape index (κ3) is 4.97. The number of nitrogens with one attached hydrogen (secondary N) is 2. The SMILES string of the molecule is CC(NCC(=O)Nc1ccc(C(F)(F)F)cc1)c1ccccc1Cl. The fraction of sp³-hybridized carbons (Fsp3) is 0.235. The molecule has 0 heterocycles. The largest absolute Gasteiger partial charge is 0.416 e. The number of carbonyl (C=O) groups excluding carboxylic acids is 1. The number of anilines is 1. The Kier molecular flexibility index (Phi) is 5.85. The second kappa shape index (κ2) is 7.68. The van der Waals surface area contributed by atoms with Gasteiger partial charge in [-0.3, -0.25) is 4.79 Å². The van der Waals surface area contributed by atoms with Crippen molar-refractivity contribution in [2.75, 3.05) is 11.9 Å². The van der Waals surface area contributed by atoms with Crippen molar-refractivity contribution in [2.45, 2.75) is 19.1 Å². The summed E-state index contributed by atoms with van der Waals surface area (Å²) in [4.78, 5) is 11.9. The van der Waals surface area contributed by atoms with E-state index in [0.29, 0.717) is 10.7 Å². The summed E-state index contributed by atoms with van der Waals surface area (Å²) in [7, 11) is 0. The summed E-state index contributed by atoms with van der Waals surface area (Å²) >= 11 is 6.08. The Hall–Kier alpha value is -2.05. The molecule has 3 nitrogen and oxygen atoms in total. The highest BCUT2D eigenvalue weighted by molar-refractivity contribution is 6.31. The van der Waals surface area contributed by atoms with Gasteiger partial charge in [0, 0.05) is 16.8 Å². The molecule has 0 aromatic heterocycles. The predicted molar refractivity (Wildman–Crippen MR) is 87.9 cm³/mol. The van der Waals surface area contributed by atoms with Crippen molar-refractivity contribution in [3.63, 3.8) is 0 Å². The minimum absolute atomic E-state index is 0.00735. The van der Waals surface area contributed by atoms with Gasteiger partial charge in [0.15, 0.2) is 0 Å². The van der Waals surface area contributed by atoms with Crippen LogP contribution in [0.2, 0.25) is 5.02 Å². The van der Waals surface area contributed by atoms with Crippen molar-refractivity contribution >= 4 is 23.2 Å². The molecule has 1 amide bonds. The number of amides is 1. The molecule has 0 aliphatic carbocycles. The van der Waals surface area contributed by atoms with E-state index in [4.69, 9.17) is 11.6 Å². The maximum atomic E-state index is 12.5. The molecule has 0 spiro atoms. The highest BCUT2D eigenvalue weighted by Crippen LogP contribution is 2.29. The van der Waals surface area contributed by atoms with Gasteiger partial charge < -0.3 is 10.6 Å². The van der Waals surface area contributed by atoms with Crippen LogP contribution in [0, 0.1) is 0 Å². The fourth-order valence-corrected chi connectivity index (χ4v) is 2.43. The van der Waals surface area contributed by atoms with E-state index in [0.717, 1.165) is 17.7 Å². The molecule has 1 atom stereocenters. The van der Waals surface area contributed by atoms with Crippen LogP contribution >= 0.6 is 11.6 Å². The normalized spacial score (nSPS) is 12.7. The van der Waals surface area contributed by atoms with Crippen LogP contribution in [-0.4, -0.2) is 12.5 Å². The van der Waals surface area contributed by atoms with Gasteiger partial charge in [-0.05, 0) is 42.8 Å². The van der Waals surface area contributed by atoms with Crippen molar-refractivity contribution in [2.24, 2.45) is 0 Å². The predicted octanol–water partition coefficient (Wildman–Crippen LogP) is 4.65. The lowest BCUT2D eigenvalue weighted by molar-refractivity contribution is -0.137. The second-order valence-corrected chi connectivity index (χ2v) is 5.65. The van der Waals surface area contributed by atoms with Gasteiger partial charge in [-0.2, -0.15) is 13.2 Å². The van der Waals surface area contributed by atoms with Gasteiger partial charge in [-0.1, -0.05) is 29.8 Å². The summed E-state index contributed by atoms with van der Waals surface area (Å²) < 4.78 is 37.4. The van der Waals surface area contributed by atoms with Gasteiger partial charge in [-0.25, -0.2) is 0 Å². The van der Waals surface area contributed by atoms with Gasteiger partial charge in [-0.15, -0.1) is 0 Å². The highest BCUT2D eigenvalue weighted by Gasteiger charge is 2.29. The van der Waals surface area contributed by atoms with Crippen molar-refractivity contribution in [1.82, 2.24) is 5.32 Å². The molecule has 24 heavy (non-hydrogen) atoms. The monoisotopic (exact) mass is 356 g/mol. The Labute approximate surface area is 142 Å². The van der Waals surface area contributed by atoms with Crippen molar-refractivity contribution in [3.05, 3.63) is 64.7 Å².